The van der Waals surface area contributed by atoms with Crippen molar-refractivity contribution in [2.24, 2.45) is 0 Å². The summed E-state index contributed by atoms with van der Waals surface area (Å²) in [5, 5.41) is 8.62. The molecule has 0 heterocycles. The number of carbonyl (C=O) groups excluding carboxylic acids is 2. The molecule has 1 aromatic carbocycles. The molecule has 0 aliphatic heterocycles. The molecule has 4 nitrogen and oxygen atoms in total. The molecule has 1 rings (SSSR count). The molecule has 0 amide bonds. The van der Waals surface area contributed by atoms with Gasteiger partial charge in [0.25, 0.3) is 0 Å². The summed E-state index contributed by atoms with van der Waals surface area (Å²) in [5.74, 6) is -0.929. The van der Waals surface area contributed by atoms with E-state index in [1.165, 1.54) is 13.2 Å². The summed E-state index contributed by atoms with van der Waals surface area (Å²) in [7, 11) is 1.22. The van der Waals surface area contributed by atoms with Crippen LogP contribution in [0.1, 0.15) is 22.3 Å². The van der Waals surface area contributed by atoms with E-state index in [9.17, 15) is 9.59 Å². The first-order valence-corrected chi connectivity index (χ1v) is 4.27. The Morgan fingerprint density at radius 2 is 2.20 bits per heavy atom. The molecule has 0 aliphatic rings. The van der Waals surface area contributed by atoms with E-state index in [0.717, 1.165) is 0 Å². The van der Waals surface area contributed by atoms with Crippen molar-refractivity contribution in [2.45, 2.75) is 6.42 Å². The summed E-state index contributed by atoms with van der Waals surface area (Å²) in [6, 6.07) is 8.12. The van der Waals surface area contributed by atoms with E-state index in [-0.39, 0.29) is 12.2 Å². The van der Waals surface area contributed by atoms with Gasteiger partial charge in [-0.25, -0.2) is 0 Å². The first kappa shape index (κ1) is 10.9. The SMILES string of the molecule is COC(=O)CC(=O)c1cccc(C#N)c1. The molecule has 15 heavy (non-hydrogen) atoms. The number of hydrogen-bond donors (Lipinski definition) is 0. The smallest absolute Gasteiger partial charge is 0.313 e. The van der Waals surface area contributed by atoms with Crippen molar-refractivity contribution in [3.63, 3.8) is 0 Å². The van der Waals surface area contributed by atoms with E-state index >= 15 is 0 Å². The maximum atomic E-state index is 11.5. The van der Waals surface area contributed by atoms with Crippen molar-refractivity contribution in [3.05, 3.63) is 35.4 Å². The molecule has 0 N–H and O–H groups in total. The van der Waals surface area contributed by atoms with E-state index < -0.39 is 5.97 Å². The zero-order valence-electron chi connectivity index (χ0n) is 8.19. The number of hydrogen-bond acceptors (Lipinski definition) is 4. The summed E-state index contributed by atoms with van der Waals surface area (Å²) in [5.41, 5.74) is 0.741. The monoisotopic (exact) mass is 203 g/mol. The average molecular weight is 203 g/mol. The van der Waals surface area contributed by atoms with Crippen molar-refractivity contribution < 1.29 is 14.3 Å². The van der Waals surface area contributed by atoms with Gasteiger partial charge in [-0.3, -0.25) is 9.59 Å². The quantitative estimate of drug-likeness (QED) is 0.422. The van der Waals surface area contributed by atoms with Gasteiger partial charge in [-0.15, -0.1) is 0 Å². The molecule has 1 aromatic rings. The normalized spacial score (nSPS) is 9.07. The molecular weight excluding hydrogens is 194 g/mol. The molecule has 0 bridgehead atoms. The predicted octanol–water partition coefficient (Wildman–Crippen LogP) is 1.30. The molecule has 0 saturated heterocycles. The standard InChI is InChI=1S/C11H9NO3/c1-15-11(14)6-10(13)9-4-2-3-8(5-9)7-12/h2-5H,6H2,1H3. The second kappa shape index (κ2) is 4.91. The van der Waals surface area contributed by atoms with Gasteiger partial charge in [0, 0.05) is 5.56 Å². The lowest BCUT2D eigenvalue weighted by Crippen LogP contribution is -2.09. The molecule has 0 spiro atoms. The Balaban J connectivity index is 2.83. The first-order valence-electron chi connectivity index (χ1n) is 4.27. The number of benzene rings is 1. The molecule has 76 valence electrons. The van der Waals surface area contributed by atoms with Gasteiger partial charge in [-0.2, -0.15) is 5.26 Å². The van der Waals surface area contributed by atoms with Crippen LogP contribution in [0.4, 0.5) is 0 Å². The van der Waals surface area contributed by atoms with Gasteiger partial charge >= 0.3 is 5.97 Å². The van der Waals surface area contributed by atoms with Crippen LogP contribution in [0.25, 0.3) is 0 Å². The Kier molecular flexibility index (Phi) is 3.58. The molecular formula is C11H9NO3. The lowest BCUT2D eigenvalue weighted by Gasteiger charge is -1.99. The highest BCUT2D eigenvalue weighted by molar-refractivity contribution is 6.06. The van der Waals surface area contributed by atoms with E-state index in [0.29, 0.717) is 11.1 Å². The number of Topliss-reactive ketones (excluding diaryl/α,β-unsaturated/α-hetero) is 1. The summed E-state index contributed by atoms with van der Waals surface area (Å²) in [4.78, 5) is 22.3. The van der Waals surface area contributed by atoms with Crippen molar-refractivity contribution in [1.82, 2.24) is 0 Å². The number of rotatable bonds is 3. The number of carbonyl (C=O) groups is 2. The van der Waals surface area contributed by atoms with Gasteiger partial charge in [0.05, 0.1) is 18.7 Å². The molecule has 0 atom stereocenters. The fourth-order valence-electron chi connectivity index (χ4n) is 1.07. The fourth-order valence-corrected chi connectivity index (χ4v) is 1.07. The molecule has 0 aliphatic carbocycles. The first-order chi connectivity index (χ1) is 7.17. The number of nitriles is 1. The minimum absolute atomic E-state index is 0.300. The van der Waals surface area contributed by atoms with Crippen LogP contribution in [-0.4, -0.2) is 18.9 Å². The van der Waals surface area contributed by atoms with Crippen LogP contribution in [0.15, 0.2) is 24.3 Å². The summed E-state index contributed by atoms with van der Waals surface area (Å²) < 4.78 is 4.37. The molecule has 0 radical (unpaired) electrons. The van der Waals surface area contributed by atoms with Crippen LogP contribution in [0.5, 0.6) is 0 Å². The second-order valence-corrected chi connectivity index (χ2v) is 2.87. The highest BCUT2D eigenvalue weighted by atomic mass is 16.5. The summed E-state index contributed by atoms with van der Waals surface area (Å²) >= 11 is 0. The third-order valence-electron chi connectivity index (χ3n) is 1.85. The maximum absolute atomic E-state index is 11.5. The third kappa shape index (κ3) is 2.92. The van der Waals surface area contributed by atoms with Crippen LogP contribution in [0.3, 0.4) is 0 Å². The minimum atomic E-state index is -0.581. The number of ketones is 1. The lowest BCUT2D eigenvalue weighted by molar-refractivity contribution is -0.139. The molecule has 0 saturated carbocycles. The molecule has 0 aromatic heterocycles. The Hall–Kier alpha value is -2.15. The second-order valence-electron chi connectivity index (χ2n) is 2.87. The molecule has 4 heteroatoms. The number of nitrogens with zero attached hydrogens (tertiary/aromatic N) is 1. The number of ether oxygens (including phenoxy) is 1. The third-order valence-corrected chi connectivity index (χ3v) is 1.85. The Morgan fingerprint density at radius 1 is 1.47 bits per heavy atom. The van der Waals surface area contributed by atoms with Gasteiger partial charge in [0.1, 0.15) is 6.42 Å². The van der Waals surface area contributed by atoms with Crippen molar-refractivity contribution in [3.8, 4) is 6.07 Å². The van der Waals surface area contributed by atoms with Gasteiger partial charge in [0.2, 0.25) is 0 Å². The van der Waals surface area contributed by atoms with Crippen LogP contribution in [0, 0.1) is 11.3 Å². The van der Waals surface area contributed by atoms with Crippen LogP contribution < -0.4 is 0 Å². The van der Waals surface area contributed by atoms with Crippen molar-refractivity contribution in [1.29, 1.82) is 5.26 Å². The zero-order chi connectivity index (χ0) is 11.3. The molecule has 0 fully saturated rings. The van der Waals surface area contributed by atoms with Crippen molar-refractivity contribution >= 4 is 11.8 Å². The van der Waals surface area contributed by atoms with Gasteiger partial charge in [-0.1, -0.05) is 12.1 Å². The van der Waals surface area contributed by atoms with Gasteiger partial charge < -0.3 is 4.74 Å². The number of esters is 1. The van der Waals surface area contributed by atoms with E-state index in [2.05, 4.69) is 4.74 Å². The van der Waals surface area contributed by atoms with Gasteiger partial charge in [-0.05, 0) is 12.1 Å². The van der Waals surface area contributed by atoms with Crippen LogP contribution in [-0.2, 0) is 9.53 Å². The van der Waals surface area contributed by atoms with Crippen LogP contribution in [0.2, 0.25) is 0 Å². The summed E-state index contributed by atoms with van der Waals surface area (Å²) in [6.07, 6.45) is -0.300. The minimum Gasteiger partial charge on any atom is -0.469 e. The lowest BCUT2D eigenvalue weighted by atomic mass is 10.1. The number of methoxy groups -OCH3 is 1. The highest BCUT2D eigenvalue weighted by Crippen LogP contribution is 2.07. The van der Waals surface area contributed by atoms with E-state index in [1.54, 1.807) is 18.2 Å². The Morgan fingerprint density at radius 3 is 2.80 bits per heavy atom. The van der Waals surface area contributed by atoms with Gasteiger partial charge in [0.15, 0.2) is 5.78 Å². The summed E-state index contributed by atoms with van der Waals surface area (Å²) in [6.45, 7) is 0. The van der Waals surface area contributed by atoms with E-state index in [4.69, 9.17) is 5.26 Å². The Labute approximate surface area is 87.1 Å². The molecule has 0 unspecified atom stereocenters. The van der Waals surface area contributed by atoms with Crippen molar-refractivity contribution in [2.75, 3.05) is 7.11 Å². The topological polar surface area (TPSA) is 67.2 Å². The van der Waals surface area contributed by atoms with E-state index in [1.807, 2.05) is 6.07 Å². The van der Waals surface area contributed by atoms with Crippen LogP contribution >= 0.6 is 0 Å². The fraction of sp³-hybridized carbons (Fsp3) is 0.182. The average Bonchev–Trinajstić information content (AvgIpc) is 2.28. The highest BCUT2D eigenvalue weighted by Gasteiger charge is 2.11. The Bertz CT molecular complexity index is 432. The maximum Gasteiger partial charge on any atom is 0.313 e. The zero-order valence-corrected chi connectivity index (χ0v) is 8.19. The predicted molar refractivity (Wildman–Crippen MR) is 52.1 cm³/mol. The largest absolute Gasteiger partial charge is 0.469 e.